The van der Waals surface area contributed by atoms with Gasteiger partial charge >= 0.3 is 0 Å². The summed E-state index contributed by atoms with van der Waals surface area (Å²) in [5.41, 5.74) is 1.13. The lowest BCUT2D eigenvalue weighted by atomic mass is 9.97. The first-order valence-electron chi connectivity index (χ1n) is 9.32. The standard InChI is InChI=1S/C23H18ClNO5S/c1-12-9-10-31-22(12)19-18(20(27)14-11-13(24)7-8-17(14)30-2)21(28)23(29)25(19)15-5-3-4-6-16(15)26/h3-11,19,26-27H,1-2H3/b20-18+. The summed E-state index contributed by atoms with van der Waals surface area (Å²) in [7, 11) is 1.43. The zero-order chi connectivity index (χ0) is 22.3. The van der Waals surface area contributed by atoms with Crippen LogP contribution in [0, 0.1) is 6.92 Å². The van der Waals surface area contributed by atoms with Gasteiger partial charge in [0.2, 0.25) is 0 Å². The molecule has 0 spiro atoms. The molecule has 8 heteroatoms. The van der Waals surface area contributed by atoms with Crippen molar-refractivity contribution in [3.05, 3.63) is 80.5 Å². The number of ether oxygens (including phenoxy) is 1. The lowest BCUT2D eigenvalue weighted by molar-refractivity contribution is -0.132. The number of hydrogen-bond acceptors (Lipinski definition) is 6. The van der Waals surface area contributed by atoms with Gasteiger partial charge in [-0.05, 0) is 54.3 Å². The molecule has 0 saturated carbocycles. The number of phenols is 1. The molecule has 2 aromatic carbocycles. The minimum absolute atomic E-state index is 0.0978. The number of carbonyl (C=O) groups is 2. The van der Waals surface area contributed by atoms with Crippen LogP contribution in [0.25, 0.3) is 5.76 Å². The first kappa shape index (κ1) is 21.0. The van der Waals surface area contributed by atoms with E-state index in [1.165, 1.54) is 35.5 Å². The second-order valence-electron chi connectivity index (χ2n) is 6.97. The molecule has 0 aliphatic carbocycles. The first-order chi connectivity index (χ1) is 14.8. The van der Waals surface area contributed by atoms with E-state index in [9.17, 15) is 19.8 Å². The van der Waals surface area contributed by atoms with Crippen LogP contribution < -0.4 is 9.64 Å². The van der Waals surface area contributed by atoms with E-state index < -0.39 is 23.5 Å². The van der Waals surface area contributed by atoms with Crippen LogP contribution in [0.4, 0.5) is 5.69 Å². The summed E-state index contributed by atoms with van der Waals surface area (Å²) in [5, 5.41) is 23.8. The zero-order valence-electron chi connectivity index (χ0n) is 16.6. The maximum atomic E-state index is 13.2. The number of nitrogens with zero attached hydrogens (tertiary/aromatic N) is 1. The number of aromatic hydroxyl groups is 1. The van der Waals surface area contributed by atoms with Crippen molar-refractivity contribution in [1.29, 1.82) is 0 Å². The number of para-hydroxylation sites is 2. The summed E-state index contributed by atoms with van der Waals surface area (Å²) in [6.07, 6.45) is 0. The first-order valence-corrected chi connectivity index (χ1v) is 10.6. The molecule has 6 nitrogen and oxygen atoms in total. The van der Waals surface area contributed by atoms with Gasteiger partial charge in [-0.25, -0.2) is 0 Å². The highest BCUT2D eigenvalue weighted by Gasteiger charge is 2.48. The number of benzene rings is 2. The molecular weight excluding hydrogens is 438 g/mol. The SMILES string of the molecule is COc1ccc(Cl)cc1/C(O)=C1\C(=O)C(=O)N(c2ccccc2O)C1c1sccc1C. The number of rotatable bonds is 4. The highest BCUT2D eigenvalue weighted by atomic mass is 35.5. The Kier molecular flexibility index (Phi) is 5.47. The van der Waals surface area contributed by atoms with Gasteiger partial charge < -0.3 is 14.9 Å². The second kappa shape index (κ2) is 8.09. The van der Waals surface area contributed by atoms with E-state index in [1.54, 1.807) is 30.3 Å². The second-order valence-corrected chi connectivity index (χ2v) is 8.35. The highest BCUT2D eigenvalue weighted by Crippen LogP contribution is 2.47. The van der Waals surface area contributed by atoms with Crippen LogP contribution >= 0.6 is 22.9 Å². The van der Waals surface area contributed by atoms with Gasteiger partial charge in [0.25, 0.3) is 11.7 Å². The fourth-order valence-electron chi connectivity index (χ4n) is 3.67. The van der Waals surface area contributed by atoms with Gasteiger partial charge in [0.1, 0.15) is 23.3 Å². The quantitative estimate of drug-likeness (QED) is 0.326. The lowest BCUT2D eigenvalue weighted by Gasteiger charge is -2.25. The molecule has 1 amide bonds. The number of aliphatic hydroxyl groups excluding tert-OH is 1. The number of phenolic OH excluding ortho intramolecular Hbond substituents is 1. The molecule has 3 aromatic rings. The van der Waals surface area contributed by atoms with Crippen LogP contribution in [0.3, 0.4) is 0 Å². The van der Waals surface area contributed by atoms with Crippen LogP contribution in [0.15, 0.2) is 59.5 Å². The van der Waals surface area contributed by atoms with Crippen molar-refractivity contribution < 1.29 is 24.5 Å². The molecular formula is C23H18ClNO5S. The maximum Gasteiger partial charge on any atom is 0.300 e. The van der Waals surface area contributed by atoms with E-state index in [1.807, 2.05) is 18.4 Å². The van der Waals surface area contributed by atoms with Gasteiger partial charge in [-0.3, -0.25) is 14.5 Å². The number of anilines is 1. The van der Waals surface area contributed by atoms with Gasteiger partial charge in [-0.15, -0.1) is 11.3 Å². The number of carbonyl (C=O) groups excluding carboxylic acids is 2. The van der Waals surface area contributed by atoms with Crippen molar-refractivity contribution in [3.63, 3.8) is 0 Å². The number of thiophene rings is 1. The monoisotopic (exact) mass is 455 g/mol. The van der Waals surface area contributed by atoms with Crippen molar-refractivity contribution in [1.82, 2.24) is 0 Å². The molecule has 1 aliphatic heterocycles. The minimum Gasteiger partial charge on any atom is -0.507 e. The topological polar surface area (TPSA) is 87.1 Å². The largest absolute Gasteiger partial charge is 0.507 e. The summed E-state index contributed by atoms with van der Waals surface area (Å²) in [4.78, 5) is 28.2. The zero-order valence-corrected chi connectivity index (χ0v) is 18.2. The Balaban J connectivity index is 2.01. The average molecular weight is 456 g/mol. The summed E-state index contributed by atoms with van der Waals surface area (Å²) in [5.74, 6) is -1.95. The number of ketones is 1. The molecule has 158 valence electrons. The van der Waals surface area contributed by atoms with Gasteiger partial charge in [0.05, 0.1) is 23.9 Å². The molecule has 0 bridgehead atoms. The molecule has 1 unspecified atom stereocenters. The predicted octanol–water partition coefficient (Wildman–Crippen LogP) is 5.05. The lowest BCUT2D eigenvalue weighted by Crippen LogP contribution is -2.29. The van der Waals surface area contributed by atoms with Gasteiger partial charge in [0.15, 0.2) is 0 Å². The molecule has 2 heterocycles. The molecule has 1 fully saturated rings. The third-order valence-corrected chi connectivity index (χ3v) is 6.46. The van der Waals surface area contributed by atoms with E-state index in [2.05, 4.69) is 0 Å². The van der Waals surface area contributed by atoms with E-state index in [4.69, 9.17) is 16.3 Å². The van der Waals surface area contributed by atoms with Crippen molar-refractivity contribution in [3.8, 4) is 11.5 Å². The number of halogens is 1. The Morgan fingerprint density at radius 3 is 2.55 bits per heavy atom. The van der Waals surface area contributed by atoms with Crippen molar-refractivity contribution in [2.24, 2.45) is 0 Å². The van der Waals surface area contributed by atoms with Gasteiger partial charge in [-0.2, -0.15) is 0 Å². The number of hydrogen-bond donors (Lipinski definition) is 2. The Bertz CT molecular complexity index is 1230. The fraction of sp³-hybridized carbons (Fsp3) is 0.130. The molecule has 1 aromatic heterocycles. The summed E-state index contributed by atoms with van der Waals surface area (Å²) in [6, 6.07) is 11.9. The van der Waals surface area contributed by atoms with Crippen molar-refractivity contribution in [2.75, 3.05) is 12.0 Å². The van der Waals surface area contributed by atoms with Crippen LogP contribution in [0.5, 0.6) is 11.5 Å². The summed E-state index contributed by atoms with van der Waals surface area (Å²) in [6.45, 7) is 1.86. The third kappa shape index (κ3) is 3.45. The van der Waals surface area contributed by atoms with Crippen molar-refractivity contribution >= 4 is 46.1 Å². The van der Waals surface area contributed by atoms with E-state index in [0.29, 0.717) is 15.6 Å². The Morgan fingerprint density at radius 2 is 1.90 bits per heavy atom. The van der Waals surface area contributed by atoms with Crippen LogP contribution in [0.1, 0.15) is 22.0 Å². The summed E-state index contributed by atoms with van der Waals surface area (Å²) < 4.78 is 5.32. The van der Waals surface area contributed by atoms with E-state index >= 15 is 0 Å². The smallest absolute Gasteiger partial charge is 0.300 e. The molecule has 1 saturated heterocycles. The van der Waals surface area contributed by atoms with Gasteiger partial charge in [0, 0.05) is 9.90 Å². The van der Waals surface area contributed by atoms with E-state index in [0.717, 1.165) is 5.56 Å². The predicted molar refractivity (Wildman–Crippen MR) is 120 cm³/mol. The molecule has 4 rings (SSSR count). The van der Waals surface area contributed by atoms with Crippen LogP contribution in [-0.2, 0) is 9.59 Å². The molecule has 0 radical (unpaired) electrons. The number of aryl methyl sites for hydroxylation is 1. The molecule has 31 heavy (non-hydrogen) atoms. The van der Waals surface area contributed by atoms with Gasteiger partial charge in [-0.1, -0.05) is 23.7 Å². The number of amides is 1. The highest BCUT2D eigenvalue weighted by molar-refractivity contribution is 7.10. The number of Topliss-reactive ketones (excluding diaryl/α,β-unsaturated/α-hetero) is 1. The Hall–Kier alpha value is -3.29. The van der Waals surface area contributed by atoms with E-state index in [-0.39, 0.29) is 22.6 Å². The van der Waals surface area contributed by atoms with Crippen molar-refractivity contribution in [2.45, 2.75) is 13.0 Å². The fourth-order valence-corrected chi connectivity index (χ4v) is 4.87. The Labute approximate surface area is 187 Å². The number of methoxy groups -OCH3 is 1. The minimum atomic E-state index is -0.919. The molecule has 1 aliphatic rings. The Morgan fingerprint density at radius 1 is 1.16 bits per heavy atom. The summed E-state index contributed by atoms with van der Waals surface area (Å²) >= 11 is 7.47. The maximum absolute atomic E-state index is 13.2. The number of aliphatic hydroxyl groups is 1. The molecule has 2 N–H and O–H groups in total. The average Bonchev–Trinajstić information content (AvgIpc) is 3.28. The van der Waals surface area contributed by atoms with Crippen LogP contribution in [0.2, 0.25) is 5.02 Å². The third-order valence-electron chi connectivity index (χ3n) is 5.15. The van der Waals surface area contributed by atoms with Crippen LogP contribution in [-0.4, -0.2) is 29.0 Å². The molecule has 1 atom stereocenters. The normalized spacial score (nSPS) is 17.9.